The fourth-order valence-corrected chi connectivity index (χ4v) is 12.2. The summed E-state index contributed by atoms with van der Waals surface area (Å²) in [4.78, 5) is 2.43. The van der Waals surface area contributed by atoms with Crippen molar-refractivity contribution in [1.82, 2.24) is 0 Å². The smallest absolute Gasteiger partial charge is 0.143 e. The second-order valence-corrected chi connectivity index (χ2v) is 18.3. The average molecular weight is 816 g/mol. The van der Waals surface area contributed by atoms with E-state index in [0.29, 0.717) is 0 Å². The first-order chi connectivity index (χ1) is 31.5. The van der Waals surface area contributed by atoms with Gasteiger partial charge in [-0.1, -0.05) is 184 Å². The number of rotatable bonds is 4. The summed E-state index contributed by atoms with van der Waals surface area (Å²) in [7, 11) is 0. The molecule has 0 radical (unpaired) electrons. The lowest BCUT2D eigenvalue weighted by Crippen LogP contribution is -2.25. The number of para-hydroxylation sites is 1. The maximum Gasteiger partial charge on any atom is 0.143 e. The zero-order valence-corrected chi connectivity index (χ0v) is 35.6. The maximum absolute atomic E-state index is 7.05. The van der Waals surface area contributed by atoms with Gasteiger partial charge in [0, 0.05) is 27.6 Å². The highest BCUT2D eigenvalue weighted by Gasteiger charge is 2.52. The van der Waals surface area contributed by atoms with E-state index in [0.717, 1.165) is 44.4 Å². The highest BCUT2D eigenvalue weighted by molar-refractivity contribution is 6.23. The molecule has 0 aliphatic heterocycles. The quantitative estimate of drug-likeness (QED) is 0.176. The second kappa shape index (κ2) is 12.8. The molecule has 2 heteroatoms. The molecule has 0 fully saturated rings. The molecule has 0 atom stereocenters. The topological polar surface area (TPSA) is 16.4 Å². The molecule has 300 valence electrons. The predicted molar refractivity (Wildman–Crippen MR) is 265 cm³/mol. The monoisotopic (exact) mass is 815 g/mol. The first-order valence-electron chi connectivity index (χ1n) is 22.4. The van der Waals surface area contributed by atoms with Crippen molar-refractivity contribution in [2.45, 2.75) is 24.7 Å². The van der Waals surface area contributed by atoms with Crippen LogP contribution in [0, 0.1) is 0 Å². The van der Waals surface area contributed by atoms with Crippen LogP contribution in [0.15, 0.2) is 217 Å². The second-order valence-electron chi connectivity index (χ2n) is 18.3. The summed E-state index contributed by atoms with van der Waals surface area (Å²) in [6.07, 6.45) is 0. The zero-order chi connectivity index (χ0) is 42.3. The highest BCUT2D eigenvalue weighted by Crippen LogP contribution is 2.64. The number of fused-ring (bicyclic) bond motifs is 18. The summed E-state index contributed by atoms with van der Waals surface area (Å²) in [5.41, 5.74) is 22.9. The molecule has 64 heavy (non-hydrogen) atoms. The summed E-state index contributed by atoms with van der Waals surface area (Å²) in [5.74, 6) is 0. The van der Waals surface area contributed by atoms with Gasteiger partial charge in [-0.25, -0.2) is 0 Å². The molecule has 0 saturated heterocycles. The maximum atomic E-state index is 7.05. The van der Waals surface area contributed by atoms with E-state index in [-0.39, 0.29) is 5.41 Å². The Morgan fingerprint density at radius 3 is 1.64 bits per heavy atom. The van der Waals surface area contributed by atoms with Gasteiger partial charge in [-0.15, -0.1) is 0 Å². The van der Waals surface area contributed by atoms with E-state index in [1.54, 1.807) is 0 Å². The Labute approximate surface area is 372 Å². The van der Waals surface area contributed by atoms with E-state index in [4.69, 9.17) is 4.42 Å². The standard InChI is InChI=1S/C62H41NO/c1-61(2)50-27-12-8-21-41(50)44-35-34-39(36-55(44)61)63(38-18-4-3-5-19-38)56-32-17-33-57-59(56)49-37-48(40-20-6-7-24-46(40)60(49)64-57)45-26-16-31-54-58(45)47-25-11-15-30-53(47)62(54)51-28-13-9-22-42(51)43-23-10-14-29-52(43)62/h3-37H,1-2H3. The lowest BCUT2D eigenvalue weighted by atomic mass is 9.70. The van der Waals surface area contributed by atoms with Gasteiger partial charge in [-0.05, 0) is 126 Å². The first-order valence-corrected chi connectivity index (χ1v) is 22.4. The minimum atomic E-state index is -0.424. The fourth-order valence-electron chi connectivity index (χ4n) is 12.2. The van der Waals surface area contributed by atoms with Gasteiger partial charge in [0.05, 0.1) is 16.5 Å². The molecule has 3 aliphatic rings. The van der Waals surface area contributed by atoms with E-state index in [1.807, 2.05) is 0 Å². The van der Waals surface area contributed by atoms with Crippen molar-refractivity contribution < 1.29 is 4.42 Å². The highest BCUT2D eigenvalue weighted by atomic mass is 16.3. The Bertz CT molecular complexity index is 3730. The third kappa shape index (κ3) is 4.49. The van der Waals surface area contributed by atoms with Crippen molar-refractivity contribution in [3.8, 4) is 44.5 Å². The van der Waals surface area contributed by atoms with Crippen LogP contribution in [0.1, 0.15) is 47.2 Å². The van der Waals surface area contributed by atoms with Gasteiger partial charge in [-0.3, -0.25) is 0 Å². The van der Waals surface area contributed by atoms with Crippen molar-refractivity contribution >= 4 is 49.8 Å². The van der Waals surface area contributed by atoms with E-state index in [2.05, 4.69) is 231 Å². The van der Waals surface area contributed by atoms with Crippen LogP contribution in [0.3, 0.4) is 0 Å². The molecule has 0 amide bonds. The van der Waals surface area contributed by atoms with Gasteiger partial charge in [0.25, 0.3) is 0 Å². The van der Waals surface area contributed by atoms with Gasteiger partial charge >= 0.3 is 0 Å². The largest absolute Gasteiger partial charge is 0.455 e. The third-order valence-corrected chi connectivity index (χ3v) is 14.9. The lowest BCUT2D eigenvalue weighted by molar-refractivity contribution is 0.660. The Kier molecular flexibility index (Phi) is 7.13. The lowest BCUT2D eigenvalue weighted by Gasteiger charge is -2.30. The van der Waals surface area contributed by atoms with Gasteiger partial charge < -0.3 is 9.32 Å². The molecule has 1 aromatic heterocycles. The van der Waals surface area contributed by atoms with Crippen LogP contribution in [0.5, 0.6) is 0 Å². The normalized spacial score (nSPS) is 14.3. The molecule has 3 aliphatic carbocycles. The van der Waals surface area contributed by atoms with Crippen LogP contribution in [0.4, 0.5) is 17.1 Å². The molecular formula is C62H41NO. The van der Waals surface area contributed by atoms with Crippen LogP contribution in [0.25, 0.3) is 77.2 Å². The number of hydrogen-bond acceptors (Lipinski definition) is 2. The van der Waals surface area contributed by atoms with Crippen LogP contribution in [0.2, 0.25) is 0 Å². The van der Waals surface area contributed by atoms with Gasteiger partial charge in [0.1, 0.15) is 11.2 Å². The predicted octanol–water partition coefficient (Wildman–Crippen LogP) is 16.5. The van der Waals surface area contributed by atoms with Gasteiger partial charge in [-0.2, -0.15) is 0 Å². The number of nitrogens with zero attached hydrogens (tertiary/aromatic N) is 1. The van der Waals surface area contributed by atoms with Crippen molar-refractivity contribution in [2.24, 2.45) is 0 Å². The fraction of sp³-hybridized carbons (Fsp3) is 0.0645. The van der Waals surface area contributed by atoms with Crippen molar-refractivity contribution in [2.75, 3.05) is 4.90 Å². The number of furan rings is 1. The molecule has 10 aromatic carbocycles. The number of hydrogen-bond donors (Lipinski definition) is 0. The Hall–Kier alpha value is -7.94. The molecule has 1 spiro atoms. The van der Waals surface area contributed by atoms with Crippen LogP contribution in [-0.4, -0.2) is 0 Å². The van der Waals surface area contributed by atoms with Crippen molar-refractivity contribution in [3.05, 3.63) is 246 Å². The van der Waals surface area contributed by atoms with Crippen LogP contribution < -0.4 is 4.90 Å². The SMILES string of the molecule is CC1(C)c2ccccc2-c2ccc(N(c3ccccc3)c3cccc4oc5c6ccccc6c(-c6cccc7c6-c6ccccc6C76c7ccccc7-c7ccccc76)cc5c34)cc21. The molecule has 2 nitrogen and oxygen atoms in total. The average Bonchev–Trinajstić information content (AvgIpc) is 4.04. The molecule has 0 unspecified atom stereocenters. The Morgan fingerprint density at radius 1 is 0.359 bits per heavy atom. The van der Waals surface area contributed by atoms with Crippen molar-refractivity contribution in [3.63, 3.8) is 0 Å². The van der Waals surface area contributed by atoms with Crippen molar-refractivity contribution in [1.29, 1.82) is 0 Å². The molecule has 0 N–H and O–H groups in total. The molecule has 11 aromatic rings. The minimum absolute atomic E-state index is 0.137. The number of benzene rings is 10. The van der Waals surface area contributed by atoms with E-state index in [9.17, 15) is 0 Å². The summed E-state index contributed by atoms with van der Waals surface area (Å²) >= 11 is 0. The van der Waals surface area contributed by atoms with E-state index in [1.165, 1.54) is 83.3 Å². The van der Waals surface area contributed by atoms with Crippen LogP contribution >= 0.6 is 0 Å². The molecule has 0 bridgehead atoms. The Morgan fingerprint density at radius 2 is 0.906 bits per heavy atom. The summed E-state index contributed by atoms with van der Waals surface area (Å²) < 4.78 is 7.05. The molecule has 0 saturated carbocycles. The zero-order valence-electron chi connectivity index (χ0n) is 35.6. The van der Waals surface area contributed by atoms with E-state index < -0.39 is 5.41 Å². The summed E-state index contributed by atoms with van der Waals surface area (Å²) in [6, 6.07) is 78.8. The van der Waals surface area contributed by atoms with Gasteiger partial charge in [0.15, 0.2) is 0 Å². The van der Waals surface area contributed by atoms with Gasteiger partial charge in [0.2, 0.25) is 0 Å². The Balaban J connectivity index is 1.04. The first kappa shape index (κ1) is 35.6. The summed E-state index contributed by atoms with van der Waals surface area (Å²) in [6.45, 7) is 4.71. The van der Waals surface area contributed by atoms with E-state index >= 15 is 0 Å². The molecular weight excluding hydrogens is 775 g/mol. The third-order valence-electron chi connectivity index (χ3n) is 14.9. The number of anilines is 3. The van der Waals surface area contributed by atoms with Crippen LogP contribution in [-0.2, 0) is 10.8 Å². The minimum Gasteiger partial charge on any atom is -0.455 e. The molecule has 1 heterocycles. The summed E-state index contributed by atoms with van der Waals surface area (Å²) in [5, 5.41) is 4.48. The molecule has 14 rings (SSSR count).